The van der Waals surface area contributed by atoms with Crippen molar-refractivity contribution in [1.82, 2.24) is 19.9 Å². The van der Waals surface area contributed by atoms with E-state index in [1.165, 1.54) is 0 Å². The molecule has 2 rings (SSSR count). The lowest BCUT2D eigenvalue weighted by Crippen LogP contribution is -2.23. The van der Waals surface area contributed by atoms with Crippen molar-refractivity contribution in [3.8, 4) is 0 Å². The zero-order valence-electron chi connectivity index (χ0n) is 12.2. The first-order valence-electron chi connectivity index (χ1n) is 6.28. The van der Waals surface area contributed by atoms with Gasteiger partial charge in [-0.2, -0.15) is 15.0 Å². The van der Waals surface area contributed by atoms with Gasteiger partial charge in [-0.05, 0) is 19.1 Å². The number of anilines is 3. The summed E-state index contributed by atoms with van der Waals surface area (Å²) in [5.74, 6) is 1.28. The Labute approximate surface area is 118 Å². The molecule has 0 saturated heterocycles. The molecule has 0 atom stereocenters. The molecular weight excluding hydrogens is 254 g/mol. The Kier molecular flexibility index (Phi) is 3.97. The van der Waals surface area contributed by atoms with Crippen molar-refractivity contribution in [1.29, 1.82) is 0 Å². The van der Waals surface area contributed by atoms with E-state index in [-0.39, 0.29) is 5.95 Å². The van der Waals surface area contributed by atoms with E-state index in [0.29, 0.717) is 18.4 Å². The second-order valence-electron chi connectivity index (χ2n) is 4.81. The van der Waals surface area contributed by atoms with Crippen molar-refractivity contribution in [3.05, 3.63) is 29.6 Å². The second kappa shape index (κ2) is 5.68. The van der Waals surface area contributed by atoms with Crippen molar-refractivity contribution in [2.45, 2.75) is 13.5 Å². The smallest absolute Gasteiger partial charge is 0.232 e. The highest BCUT2D eigenvalue weighted by Crippen LogP contribution is 2.14. The van der Waals surface area contributed by atoms with Gasteiger partial charge in [0, 0.05) is 26.8 Å². The summed E-state index contributed by atoms with van der Waals surface area (Å²) < 4.78 is 0. The number of aryl methyl sites for hydroxylation is 1. The molecule has 7 heteroatoms. The van der Waals surface area contributed by atoms with Crippen LogP contribution in [-0.2, 0) is 6.54 Å². The van der Waals surface area contributed by atoms with Crippen LogP contribution in [0.1, 0.15) is 11.4 Å². The molecule has 0 aromatic carbocycles. The van der Waals surface area contributed by atoms with Gasteiger partial charge >= 0.3 is 0 Å². The fourth-order valence-electron chi connectivity index (χ4n) is 1.74. The molecule has 2 aromatic heterocycles. The van der Waals surface area contributed by atoms with E-state index in [2.05, 4.69) is 19.9 Å². The molecule has 0 unspecified atom stereocenters. The Morgan fingerprint density at radius 3 is 2.35 bits per heavy atom. The minimum absolute atomic E-state index is 0.211. The minimum Gasteiger partial charge on any atom is -0.368 e. The summed E-state index contributed by atoms with van der Waals surface area (Å²) in [7, 11) is 5.62. The molecule has 0 bridgehead atoms. The van der Waals surface area contributed by atoms with Gasteiger partial charge in [0.15, 0.2) is 0 Å². The van der Waals surface area contributed by atoms with Crippen LogP contribution in [0.4, 0.5) is 17.8 Å². The molecule has 0 amide bonds. The molecule has 0 saturated carbocycles. The third-order valence-corrected chi connectivity index (χ3v) is 2.72. The standard InChI is InChI=1S/C13H19N7/c1-9-6-5-7-10(15-9)8-20(4)13-17-11(14)16-12(18-13)19(2)3/h5-7H,8H2,1-4H3,(H2,14,16,17,18). The summed E-state index contributed by atoms with van der Waals surface area (Å²) in [6.45, 7) is 2.58. The van der Waals surface area contributed by atoms with Crippen LogP contribution in [-0.4, -0.2) is 41.1 Å². The number of hydrogen-bond donors (Lipinski definition) is 1. The summed E-state index contributed by atoms with van der Waals surface area (Å²) in [5.41, 5.74) is 7.66. The Bertz CT molecular complexity index is 597. The van der Waals surface area contributed by atoms with Gasteiger partial charge in [-0.25, -0.2) is 0 Å². The van der Waals surface area contributed by atoms with E-state index in [4.69, 9.17) is 5.73 Å². The lowest BCUT2D eigenvalue weighted by atomic mass is 10.3. The van der Waals surface area contributed by atoms with Crippen LogP contribution < -0.4 is 15.5 Å². The van der Waals surface area contributed by atoms with Crippen LogP contribution in [0.3, 0.4) is 0 Å². The van der Waals surface area contributed by atoms with Crippen molar-refractivity contribution < 1.29 is 0 Å². The average molecular weight is 273 g/mol. The van der Waals surface area contributed by atoms with E-state index in [1.54, 1.807) is 4.90 Å². The van der Waals surface area contributed by atoms with Gasteiger partial charge in [-0.15, -0.1) is 0 Å². The maximum Gasteiger partial charge on any atom is 0.232 e. The first-order chi connectivity index (χ1) is 9.45. The monoisotopic (exact) mass is 273 g/mol. The molecular formula is C13H19N7. The predicted molar refractivity (Wildman–Crippen MR) is 79.6 cm³/mol. The maximum absolute atomic E-state index is 5.72. The number of pyridine rings is 1. The SMILES string of the molecule is Cc1cccc(CN(C)c2nc(N)nc(N(C)C)n2)n1. The second-order valence-corrected chi connectivity index (χ2v) is 4.81. The molecule has 106 valence electrons. The van der Waals surface area contributed by atoms with Crippen molar-refractivity contribution >= 4 is 17.8 Å². The van der Waals surface area contributed by atoms with E-state index in [1.807, 2.05) is 51.2 Å². The molecule has 0 fully saturated rings. The Hall–Kier alpha value is -2.44. The van der Waals surface area contributed by atoms with Crippen LogP contribution in [0.25, 0.3) is 0 Å². The summed E-state index contributed by atoms with van der Waals surface area (Å²) in [6.07, 6.45) is 0. The number of nitrogens with zero attached hydrogens (tertiary/aromatic N) is 6. The molecule has 0 aliphatic heterocycles. The molecule has 2 heterocycles. The van der Waals surface area contributed by atoms with E-state index >= 15 is 0 Å². The number of hydrogen-bond acceptors (Lipinski definition) is 7. The van der Waals surface area contributed by atoms with E-state index in [0.717, 1.165) is 11.4 Å². The predicted octanol–water partition coefficient (Wildman–Crippen LogP) is 0.860. The summed E-state index contributed by atoms with van der Waals surface area (Å²) in [5, 5.41) is 0. The van der Waals surface area contributed by atoms with Gasteiger partial charge in [0.25, 0.3) is 0 Å². The molecule has 7 nitrogen and oxygen atoms in total. The third kappa shape index (κ3) is 3.31. The molecule has 2 aromatic rings. The molecule has 20 heavy (non-hydrogen) atoms. The highest BCUT2D eigenvalue weighted by Gasteiger charge is 2.11. The fourth-order valence-corrected chi connectivity index (χ4v) is 1.74. The first kappa shape index (κ1) is 14.0. The third-order valence-electron chi connectivity index (χ3n) is 2.72. The molecule has 0 spiro atoms. The van der Waals surface area contributed by atoms with Crippen LogP contribution in [0.15, 0.2) is 18.2 Å². The van der Waals surface area contributed by atoms with Gasteiger partial charge in [0.1, 0.15) is 0 Å². The zero-order valence-corrected chi connectivity index (χ0v) is 12.2. The molecule has 0 radical (unpaired) electrons. The molecule has 0 aliphatic rings. The first-order valence-corrected chi connectivity index (χ1v) is 6.28. The van der Waals surface area contributed by atoms with Crippen molar-refractivity contribution in [3.63, 3.8) is 0 Å². The number of nitrogen functional groups attached to an aromatic ring is 1. The molecule has 0 aliphatic carbocycles. The van der Waals surface area contributed by atoms with Crippen LogP contribution in [0.2, 0.25) is 0 Å². The Balaban J connectivity index is 2.22. The van der Waals surface area contributed by atoms with Crippen LogP contribution >= 0.6 is 0 Å². The van der Waals surface area contributed by atoms with Crippen LogP contribution in [0.5, 0.6) is 0 Å². The fraction of sp³-hybridized carbons (Fsp3) is 0.385. The Morgan fingerprint density at radius 1 is 1.00 bits per heavy atom. The van der Waals surface area contributed by atoms with E-state index < -0.39 is 0 Å². The quantitative estimate of drug-likeness (QED) is 0.884. The summed E-state index contributed by atoms with van der Waals surface area (Å²) >= 11 is 0. The number of rotatable bonds is 4. The largest absolute Gasteiger partial charge is 0.368 e. The van der Waals surface area contributed by atoms with Crippen LogP contribution in [0, 0.1) is 6.92 Å². The maximum atomic E-state index is 5.72. The van der Waals surface area contributed by atoms with Crippen molar-refractivity contribution in [2.24, 2.45) is 0 Å². The van der Waals surface area contributed by atoms with E-state index in [9.17, 15) is 0 Å². The lowest BCUT2D eigenvalue weighted by molar-refractivity contribution is 0.823. The van der Waals surface area contributed by atoms with Gasteiger partial charge in [-0.1, -0.05) is 6.07 Å². The van der Waals surface area contributed by atoms with Gasteiger partial charge in [-0.3, -0.25) is 4.98 Å². The summed E-state index contributed by atoms with van der Waals surface area (Å²) in [6, 6.07) is 5.92. The molecule has 2 N–H and O–H groups in total. The van der Waals surface area contributed by atoms with Gasteiger partial charge in [0.2, 0.25) is 17.8 Å². The number of nitrogens with two attached hydrogens (primary N) is 1. The van der Waals surface area contributed by atoms with Gasteiger partial charge < -0.3 is 15.5 Å². The lowest BCUT2D eigenvalue weighted by Gasteiger charge is -2.19. The highest BCUT2D eigenvalue weighted by molar-refractivity contribution is 5.42. The van der Waals surface area contributed by atoms with Gasteiger partial charge in [0.05, 0.1) is 12.2 Å². The average Bonchev–Trinajstić information content (AvgIpc) is 2.37. The van der Waals surface area contributed by atoms with Crippen molar-refractivity contribution in [2.75, 3.05) is 36.7 Å². The highest BCUT2D eigenvalue weighted by atomic mass is 15.3. The topological polar surface area (TPSA) is 84.1 Å². The normalized spacial score (nSPS) is 10.4. The summed E-state index contributed by atoms with van der Waals surface area (Å²) in [4.78, 5) is 20.8. The minimum atomic E-state index is 0.211. The number of aromatic nitrogens is 4. The zero-order chi connectivity index (χ0) is 14.7. The Morgan fingerprint density at radius 2 is 1.70 bits per heavy atom.